The Morgan fingerprint density at radius 1 is 1.43 bits per heavy atom. The van der Waals surface area contributed by atoms with Crippen molar-refractivity contribution in [1.82, 2.24) is 4.98 Å². The smallest absolute Gasteiger partial charge is 0.329 e. The Kier molecular flexibility index (Phi) is 3.85. The topological polar surface area (TPSA) is 62.2 Å². The SMILES string of the molecule is CCC1CCC(Nc2nc3ccccc3s2)(C(=O)O)CC1. The summed E-state index contributed by atoms with van der Waals surface area (Å²) in [6.07, 6.45) is 4.44. The van der Waals surface area contributed by atoms with Gasteiger partial charge in [-0.3, -0.25) is 0 Å². The lowest BCUT2D eigenvalue weighted by Gasteiger charge is -2.37. The van der Waals surface area contributed by atoms with Crippen LogP contribution in [0.4, 0.5) is 5.13 Å². The maximum atomic E-state index is 11.8. The van der Waals surface area contributed by atoms with Crippen molar-refractivity contribution in [3.8, 4) is 0 Å². The fourth-order valence-electron chi connectivity index (χ4n) is 3.10. The highest BCUT2D eigenvalue weighted by Gasteiger charge is 2.42. The van der Waals surface area contributed by atoms with Gasteiger partial charge in [0.15, 0.2) is 5.13 Å². The first-order valence-corrected chi connectivity index (χ1v) is 8.32. The monoisotopic (exact) mass is 304 g/mol. The molecule has 1 aliphatic carbocycles. The number of carbonyl (C=O) groups is 1. The molecule has 5 heteroatoms. The summed E-state index contributed by atoms with van der Waals surface area (Å²) in [4.78, 5) is 16.3. The number of para-hydroxylation sites is 1. The second-order valence-electron chi connectivity index (χ2n) is 5.85. The van der Waals surface area contributed by atoms with E-state index in [0.717, 1.165) is 29.5 Å². The molecule has 3 rings (SSSR count). The number of hydrogen-bond donors (Lipinski definition) is 2. The number of anilines is 1. The lowest BCUT2D eigenvalue weighted by Crippen LogP contribution is -2.49. The fraction of sp³-hybridized carbons (Fsp3) is 0.500. The summed E-state index contributed by atoms with van der Waals surface area (Å²) in [5.41, 5.74) is 0.0762. The summed E-state index contributed by atoms with van der Waals surface area (Å²) in [6, 6.07) is 7.90. The molecule has 0 amide bonds. The Morgan fingerprint density at radius 2 is 2.14 bits per heavy atom. The van der Waals surface area contributed by atoms with Crippen molar-refractivity contribution in [2.24, 2.45) is 5.92 Å². The first kappa shape index (κ1) is 14.3. The molecule has 2 aromatic rings. The van der Waals surface area contributed by atoms with Crippen molar-refractivity contribution in [3.63, 3.8) is 0 Å². The van der Waals surface area contributed by atoms with Gasteiger partial charge in [-0.05, 0) is 43.7 Å². The first-order valence-electron chi connectivity index (χ1n) is 7.50. The van der Waals surface area contributed by atoms with Gasteiger partial charge in [0.05, 0.1) is 10.2 Å². The molecule has 0 saturated heterocycles. The molecular weight excluding hydrogens is 284 g/mol. The number of fused-ring (bicyclic) bond motifs is 1. The zero-order valence-corrected chi connectivity index (χ0v) is 12.9. The van der Waals surface area contributed by atoms with E-state index in [1.165, 1.54) is 11.3 Å². The minimum Gasteiger partial charge on any atom is -0.480 e. The van der Waals surface area contributed by atoms with Crippen LogP contribution in [0.2, 0.25) is 0 Å². The molecule has 1 fully saturated rings. The summed E-state index contributed by atoms with van der Waals surface area (Å²) >= 11 is 1.53. The van der Waals surface area contributed by atoms with Crippen LogP contribution in [0.3, 0.4) is 0 Å². The van der Waals surface area contributed by atoms with E-state index in [1.54, 1.807) is 0 Å². The molecule has 4 nitrogen and oxygen atoms in total. The summed E-state index contributed by atoms with van der Waals surface area (Å²) in [5.74, 6) is -0.0917. The number of hydrogen-bond acceptors (Lipinski definition) is 4. The standard InChI is InChI=1S/C16H20N2O2S/c1-2-11-7-9-16(10-8-11,14(19)20)18-15-17-12-5-3-4-6-13(12)21-15/h3-6,11H,2,7-10H2,1H3,(H,17,18)(H,19,20). The van der Waals surface area contributed by atoms with Gasteiger partial charge >= 0.3 is 5.97 Å². The van der Waals surface area contributed by atoms with E-state index in [4.69, 9.17) is 0 Å². The van der Waals surface area contributed by atoms with E-state index in [-0.39, 0.29) is 0 Å². The zero-order valence-electron chi connectivity index (χ0n) is 12.1. The summed E-state index contributed by atoms with van der Waals surface area (Å²) < 4.78 is 1.09. The molecule has 0 spiro atoms. The zero-order chi connectivity index (χ0) is 14.9. The molecule has 0 unspecified atom stereocenters. The van der Waals surface area contributed by atoms with Gasteiger partial charge in [0, 0.05) is 0 Å². The molecule has 1 aromatic heterocycles. The number of carboxylic acid groups (broad SMARTS) is 1. The maximum absolute atomic E-state index is 11.8. The lowest BCUT2D eigenvalue weighted by molar-refractivity contribution is -0.143. The number of carboxylic acids is 1. The number of benzene rings is 1. The van der Waals surface area contributed by atoms with Crippen LogP contribution in [0.5, 0.6) is 0 Å². The lowest BCUT2D eigenvalue weighted by atomic mass is 9.75. The Hall–Kier alpha value is -1.62. The van der Waals surface area contributed by atoms with Crippen LogP contribution in [-0.4, -0.2) is 21.6 Å². The van der Waals surface area contributed by atoms with Crippen LogP contribution in [0.25, 0.3) is 10.2 Å². The highest BCUT2D eigenvalue weighted by molar-refractivity contribution is 7.22. The summed E-state index contributed by atoms with van der Waals surface area (Å²) in [6.45, 7) is 2.18. The number of thiazole rings is 1. The van der Waals surface area contributed by atoms with Gasteiger partial charge in [0.25, 0.3) is 0 Å². The third kappa shape index (κ3) is 2.75. The average molecular weight is 304 g/mol. The van der Waals surface area contributed by atoms with E-state index >= 15 is 0 Å². The van der Waals surface area contributed by atoms with E-state index in [2.05, 4.69) is 17.2 Å². The Labute approximate surface area is 128 Å². The largest absolute Gasteiger partial charge is 0.480 e. The number of nitrogens with one attached hydrogen (secondary N) is 1. The van der Waals surface area contributed by atoms with Crippen LogP contribution in [0.15, 0.2) is 24.3 Å². The van der Waals surface area contributed by atoms with Gasteiger partial charge in [0.2, 0.25) is 0 Å². The Morgan fingerprint density at radius 3 is 2.76 bits per heavy atom. The molecule has 1 aliphatic rings. The van der Waals surface area contributed by atoms with Crippen molar-refractivity contribution in [1.29, 1.82) is 0 Å². The molecule has 1 saturated carbocycles. The van der Waals surface area contributed by atoms with E-state index in [0.29, 0.717) is 23.9 Å². The molecule has 0 bridgehead atoms. The van der Waals surface area contributed by atoms with Crippen molar-refractivity contribution in [2.75, 3.05) is 5.32 Å². The average Bonchev–Trinajstić information content (AvgIpc) is 2.89. The van der Waals surface area contributed by atoms with Crippen molar-refractivity contribution >= 4 is 32.7 Å². The molecule has 1 aromatic carbocycles. The second kappa shape index (κ2) is 5.64. The fourth-order valence-corrected chi connectivity index (χ4v) is 4.06. The normalized spacial score (nSPS) is 25.9. The molecular formula is C16H20N2O2S. The predicted octanol–water partition coefficient (Wildman–Crippen LogP) is 4.13. The van der Waals surface area contributed by atoms with Crippen LogP contribution in [0.1, 0.15) is 39.0 Å². The number of rotatable bonds is 4. The second-order valence-corrected chi connectivity index (χ2v) is 6.88. The minimum absolute atomic E-state index is 0.662. The highest BCUT2D eigenvalue weighted by Crippen LogP contribution is 2.38. The number of aromatic nitrogens is 1. The Balaban J connectivity index is 1.84. The molecule has 21 heavy (non-hydrogen) atoms. The molecule has 0 aliphatic heterocycles. The van der Waals surface area contributed by atoms with Crippen LogP contribution in [0, 0.1) is 5.92 Å². The van der Waals surface area contributed by atoms with Crippen LogP contribution in [-0.2, 0) is 4.79 Å². The van der Waals surface area contributed by atoms with Gasteiger partial charge < -0.3 is 10.4 Å². The molecule has 112 valence electrons. The van der Waals surface area contributed by atoms with Gasteiger partial charge in [-0.25, -0.2) is 9.78 Å². The maximum Gasteiger partial charge on any atom is 0.329 e. The number of aliphatic carboxylic acids is 1. The van der Waals surface area contributed by atoms with Crippen molar-refractivity contribution < 1.29 is 9.90 Å². The molecule has 0 atom stereocenters. The summed E-state index contributed by atoms with van der Waals surface area (Å²) in [5, 5.41) is 13.7. The van der Waals surface area contributed by atoms with Gasteiger partial charge in [0.1, 0.15) is 5.54 Å². The third-order valence-electron chi connectivity index (χ3n) is 4.59. The van der Waals surface area contributed by atoms with Gasteiger partial charge in [-0.2, -0.15) is 0 Å². The van der Waals surface area contributed by atoms with E-state index in [1.807, 2.05) is 24.3 Å². The van der Waals surface area contributed by atoms with Gasteiger partial charge in [-0.15, -0.1) is 0 Å². The highest BCUT2D eigenvalue weighted by atomic mass is 32.1. The van der Waals surface area contributed by atoms with Crippen LogP contribution >= 0.6 is 11.3 Å². The minimum atomic E-state index is -0.848. The first-order chi connectivity index (χ1) is 10.1. The Bertz CT molecular complexity index is 612. The van der Waals surface area contributed by atoms with E-state index < -0.39 is 11.5 Å². The molecule has 1 heterocycles. The third-order valence-corrected chi connectivity index (χ3v) is 5.54. The van der Waals surface area contributed by atoms with Crippen LogP contribution < -0.4 is 5.32 Å². The quantitative estimate of drug-likeness (QED) is 0.891. The van der Waals surface area contributed by atoms with Crippen molar-refractivity contribution in [2.45, 2.75) is 44.6 Å². The van der Waals surface area contributed by atoms with Gasteiger partial charge in [-0.1, -0.05) is 36.8 Å². The molecule has 2 N–H and O–H groups in total. The predicted molar refractivity (Wildman–Crippen MR) is 85.9 cm³/mol. The van der Waals surface area contributed by atoms with E-state index in [9.17, 15) is 9.90 Å². The number of nitrogens with zero attached hydrogens (tertiary/aromatic N) is 1. The van der Waals surface area contributed by atoms with Crippen molar-refractivity contribution in [3.05, 3.63) is 24.3 Å². The molecule has 0 radical (unpaired) electrons. The summed E-state index contributed by atoms with van der Waals surface area (Å²) in [7, 11) is 0.